The van der Waals surface area contributed by atoms with E-state index in [0.29, 0.717) is 22.8 Å². The highest BCUT2D eigenvalue weighted by atomic mass is 32.2. The Morgan fingerprint density at radius 2 is 2.32 bits per heavy atom. The van der Waals surface area contributed by atoms with Gasteiger partial charge in [0.25, 0.3) is 0 Å². The van der Waals surface area contributed by atoms with Gasteiger partial charge in [0.05, 0.1) is 23.3 Å². The van der Waals surface area contributed by atoms with Crippen LogP contribution in [0.5, 0.6) is 0 Å². The number of aromatic nitrogens is 2. The van der Waals surface area contributed by atoms with Crippen LogP contribution in [0.3, 0.4) is 0 Å². The van der Waals surface area contributed by atoms with Gasteiger partial charge in [-0.1, -0.05) is 17.8 Å². The Kier molecular flexibility index (Phi) is 4.11. The molecule has 0 saturated heterocycles. The molecule has 0 aliphatic rings. The number of anilines is 1. The van der Waals surface area contributed by atoms with Crippen molar-refractivity contribution in [2.24, 2.45) is 7.05 Å². The third-order valence-electron chi connectivity index (χ3n) is 2.44. The summed E-state index contributed by atoms with van der Waals surface area (Å²) in [6.45, 7) is 2.11. The van der Waals surface area contributed by atoms with Crippen LogP contribution in [0.2, 0.25) is 0 Å². The van der Waals surface area contributed by atoms with Crippen molar-refractivity contribution in [3.63, 3.8) is 0 Å². The third-order valence-corrected chi connectivity index (χ3v) is 3.55. The minimum Gasteiger partial charge on any atom is -0.462 e. The Labute approximate surface area is 115 Å². The molecule has 2 N–H and O–H groups in total. The van der Waals surface area contributed by atoms with Gasteiger partial charge in [0.1, 0.15) is 0 Å². The van der Waals surface area contributed by atoms with Crippen molar-refractivity contribution in [3.05, 3.63) is 36.2 Å². The normalized spacial score (nSPS) is 10.4. The molecule has 19 heavy (non-hydrogen) atoms. The zero-order chi connectivity index (χ0) is 13.8. The van der Waals surface area contributed by atoms with Gasteiger partial charge in [-0.15, -0.1) is 0 Å². The molecule has 0 aliphatic heterocycles. The predicted molar refractivity (Wildman–Crippen MR) is 74.1 cm³/mol. The Morgan fingerprint density at radius 1 is 1.53 bits per heavy atom. The number of aryl methyl sites for hydroxylation is 1. The smallest absolute Gasteiger partial charge is 0.339 e. The number of benzene rings is 1. The molecule has 0 atom stereocenters. The topological polar surface area (TPSA) is 70.1 Å². The van der Waals surface area contributed by atoms with Crippen molar-refractivity contribution in [2.75, 3.05) is 12.3 Å². The largest absolute Gasteiger partial charge is 0.462 e. The van der Waals surface area contributed by atoms with Crippen LogP contribution in [-0.4, -0.2) is 22.4 Å². The molecule has 2 aromatic rings. The maximum atomic E-state index is 11.9. The lowest BCUT2D eigenvalue weighted by molar-refractivity contribution is 0.0522. The molecular weight excluding hydrogens is 262 g/mol. The standard InChI is InChI=1S/C13H15N3O2S/c1-3-18-13(17)10-5-4-6-11(14)12(10)19-9-7-15-16(2)8-9/h4-8H,3,14H2,1-2H3. The zero-order valence-electron chi connectivity index (χ0n) is 10.8. The molecule has 0 amide bonds. The van der Waals surface area contributed by atoms with Gasteiger partial charge in [-0.05, 0) is 19.1 Å². The van der Waals surface area contributed by atoms with Crippen molar-refractivity contribution < 1.29 is 9.53 Å². The SMILES string of the molecule is CCOC(=O)c1cccc(N)c1Sc1cnn(C)c1. The van der Waals surface area contributed by atoms with Crippen molar-refractivity contribution >= 4 is 23.4 Å². The van der Waals surface area contributed by atoms with Crippen LogP contribution in [0.1, 0.15) is 17.3 Å². The Hall–Kier alpha value is -1.95. The highest BCUT2D eigenvalue weighted by molar-refractivity contribution is 7.99. The van der Waals surface area contributed by atoms with E-state index >= 15 is 0 Å². The molecule has 0 radical (unpaired) electrons. The van der Waals surface area contributed by atoms with E-state index in [1.54, 1.807) is 36.0 Å². The van der Waals surface area contributed by atoms with Crippen molar-refractivity contribution in [3.8, 4) is 0 Å². The number of esters is 1. The van der Waals surface area contributed by atoms with Crippen LogP contribution in [0.4, 0.5) is 5.69 Å². The minimum atomic E-state index is -0.360. The number of nitrogens with two attached hydrogens (primary N) is 1. The maximum absolute atomic E-state index is 11.9. The fourth-order valence-corrected chi connectivity index (χ4v) is 2.60. The zero-order valence-corrected chi connectivity index (χ0v) is 11.6. The molecule has 5 nitrogen and oxygen atoms in total. The van der Waals surface area contributed by atoms with E-state index in [2.05, 4.69) is 5.10 Å². The molecule has 0 spiro atoms. The summed E-state index contributed by atoms with van der Waals surface area (Å²) >= 11 is 1.41. The van der Waals surface area contributed by atoms with Gasteiger partial charge in [0.2, 0.25) is 0 Å². The summed E-state index contributed by atoms with van der Waals surface area (Å²) in [7, 11) is 1.84. The first-order chi connectivity index (χ1) is 9.11. The summed E-state index contributed by atoms with van der Waals surface area (Å²) in [5.41, 5.74) is 6.99. The Bertz CT molecular complexity index is 595. The fourth-order valence-electron chi connectivity index (χ4n) is 1.61. The molecule has 1 heterocycles. The second kappa shape index (κ2) is 5.79. The molecule has 2 rings (SSSR count). The van der Waals surface area contributed by atoms with Crippen LogP contribution >= 0.6 is 11.8 Å². The van der Waals surface area contributed by atoms with Gasteiger partial charge in [-0.2, -0.15) is 5.10 Å². The fraction of sp³-hybridized carbons (Fsp3) is 0.231. The summed E-state index contributed by atoms with van der Waals surface area (Å²) in [5.74, 6) is -0.360. The van der Waals surface area contributed by atoms with Gasteiger partial charge in [0.15, 0.2) is 0 Å². The van der Waals surface area contributed by atoms with E-state index < -0.39 is 0 Å². The Morgan fingerprint density at radius 3 is 2.95 bits per heavy atom. The Balaban J connectivity index is 2.35. The summed E-state index contributed by atoms with van der Waals surface area (Å²) in [4.78, 5) is 13.5. The van der Waals surface area contributed by atoms with Crippen LogP contribution in [0, 0.1) is 0 Å². The number of hydrogen-bond acceptors (Lipinski definition) is 5. The van der Waals surface area contributed by atoms with Gasteiger partial charge in [-0.25, -0.2) is 4.79 Å². The first kappa shape index (κ1) is 13.5. The molecular formula is C13H15N3O2S. The number of ether oxygens (including phenoxy) is 1. The highest BCUT2D eigenvalue weighted by Crippen LogP contribution is 2.34. The number of hydrogen-bond donors (Lipinski definition) is 1. The van der Waals surface area contributed by atoms with E-state index in [0.717, 1.165) is 4.90 Å². The van der Waals surface area contributed by atoms with E-state index in [-0.39, 0.29) is 5.97 Å². The molecule has 0 fully saturated rings. The molecule has 1 aromatic heterocycles. The number of carbonyl (C=O) groups is 1. The quantitative estimate of drug-likeness (QED) is 0.686. The molecule has 0 bridgehead atoms. The van der Waals surface area contributed by atoms with Crippen LogP contribution in [0.15, 0.2) is 40.4 Å². The lowest BCUT2D eigenvalue weighted by Crippen LogP contribution is -2.07. The van der Waals surface area contributed by atoms with E-state index in [9.17, 15) is 4.79 Å². The molecule has 0 saturated carbocycles. The van der Waals surface area contributed by atoms with E-state index in [1.807, 2.05) is 13.2 Å². The molecule has 6 heteroatoms. The average molecular weight is 277 g/mol. The molecule has 0 aliphatic carbocycles. The van der Waals surface area contributed by atoms with Gasteiger partial charge >= 0.3 is 5.97 Å². The number of nitrogens with zero attached hydrogens (tertiary/aromatic N) is 2. The van der Waals surface area contributed by atoms with Gasteiger partial charge < -0.3 is 10.5 Å². The van der Waals surface area contributed by atoms with Crippen molar-refractivity contribution in [1.29, 1.82) is 0 Å². The lowest BCUT2D eigenvalue weighted by Gasteiger charge is -2.10. The predicted octanol–water partition coefficient (Wildman–Crippen LogP) is 2.33. The average Bonchev–Trinajstić information content (AvgIpc) is 2.78. The number of rotatable bonds is 4. The summed E-state index contributed by atoms with van der Waals surface area (Å²) in [6.07, 6.45) is 3.60. The van der Waals surface area contributed by atoms with Gasteiger partial charge in [-0.3, -0.25) is 4.68 Å². The first-order valence-electron chi connectivity index (χ1n) is 5.84. The second-order valence-electron chi connectivity index (χ2n) is 3.90. The first-order valence-corrected chi connectivity index (χ1v) is 6.65. The summed E-state index contributed by atoms with van der Waals surface area (Å²) in [6, 6.07) is 5.23. The van der Waals surface area contributed by atoms with Crippen LogP contribution in [-0.2, 0) is 11.8 Å². The monoisotopic (exact) mass is 277 g/mol. The lowest BCUT2D eigenvalue weighted by atomic mass is 10.2. The summed E-state index contributed by atoms with van der Waals surface area (Å²) < 4.78 is 6.74. The van der Waals surface area contributed by atoms with E-state index in [1.165, 1.54) is 11.8 Å². The maximum Gasteiger partial charge on any atom is 0.339 e. The summed E-state index contributed by atoms with van der Waals surface area (Å²) in [5, 5.41) is 4.09. The van der Waals surface area contributed by atoms with Crippen molar-refractivity contribution in [2.45, 2.75) is 16.7 Å². The highest BCUT2D eigenvalue weighted by Gasteiger charge is 2.16. The minimum absolute atomic E-state index is 0.338. The number of nitrogen functional groups attached to an aromatic ring is 1. The molecule has 1 aromatic carbocycles. The number of carbonyl (C=O) groups excluding carboxylic acids is 1. The van der Waals surface area contributed by atoms with E-state index in [4.69, 9.17) is 10.5 Å². The van der Waals surface area contributed by atoms with Crippen molar-refractivity contribution in [1.82, 2.24) is 9.78 Å². The van der Waals surface area contributed by atoms with Crippen LogP contribution in [0.25, 0.3) is 0 Å². The molecule has 100 valence electrons. The molecule has 0 unspecified atom stereocenters. The van der Waals surface area contributed by atoms with Gasteiger partial charge in [0, 0.05) is 23.8 Å². The second-order valence-corrected chi connectivity index (χ2v) is 4.98. The van der Waals surface area contributed by atoms with Crippen LogP contribution < -0.4 is 5.73 Å². The third kappa shape index (κ3) is 3.08.